The van der Waals surface area contributed by atoms with E-state index in [1.54, 1.807) is 0 Å². The van der Waals surface area contributed by atoms with E-state index >= 15 is 0 Å². The lowest BCUT2D eigenvalue weighted by atomic mass is 9.84. The van der Waals surface area contributed by atoms with Crippen molar-refractivity contribution in [3.05, 3.63) is 47.5 Å². The van der Waals surface area contributed by atoms with Crippen LogP contribution in [0.15, 0.2) is 36.4 Å². The summed E-state index contributed by atoms with van der Waals surface area (Å²) in [5, 5.41) is 19.0. The highest BCUT2D eigenvalue weighted by Gasteiger charge is 2.36. The molecule has 1 heterocycles. The molecule has 26 heavy (non-hydrogen) atoms. The van der Waals surface area contributed by atoms with Gasteiger partial charge in [0.2, 0.25) is 5.91 Å². The van der Waals surface area contributed by atoms with Gasteiger partial charge in [-0.2, -0.15) is 0 Å². The minimum atomic E-state index is -0.781. The number of aliphatic carboxylic acids is 1. The number of carbonyl (C=O) groups excluding carboxylic acids is 1. The number of aliphatic hydroxyl groups excluding tert-OH is 1. The van der Waals surface area contributed by atoms with Crippen LogP contribution in [0.1, 0.15) is 69.7 Å². The first-order chi connectivity index (χ1) is 12.2. The molecule has 0 aromatic heterocycles. The van der Waals surface area contributed by atoms with Gasteiger partial charge in [0.05, 0.1) is 18.6 Å². The predicted molar refractivity (Wildman–Crippen MR) is 101 cm³/mol. The highest BCUT2D eigenvalue weighted by atomic mass is 16.4. The van der Waals surface area contributed by atoms with Crippen LogP contribution in [0.2, 0.25) is 0 Å². The number of likely N-dealkylation sites (tertiary alicyclic amines) is 1. The topological polar surface area (TPSA) is 77.8 Å². The zero-order valence-electron chi connectivity index (χ0n) is 15.8. The number of hydrogen-bond acceptors (Lipinski definition) is 3. The average molecular weight is 359 g/mol. The second kappa shape index (κ2) is 8.49. The summed E-state index contributed by atoms with van der Waals surface area (Å²) in [7, 11) is 0. The van der Waals surface area contributed by atoms with Gasteiger partial charge < -0.3 is 15.1 Å². The van der Waals surface area contributed by atoms with Crippen LogP contribution < -0.4 is 0 Å². The number of carboxylic acid groups (broad SMARTS) is 1. The molecule has 0 aliphatic carbocycles. The minimum absolute atomic E-state index is 0.0759. The Labute approximate surface area is 155 Å². The summed E-state index contributed by atoms with van der Waals surface area (Å²) in [6, 6.07) is 7.93. The van der Waals surface area contributed by atoms with Crippen LogP contribution in [0.5, 0.6) is 0 Å². The Morgan fingerprint density at radius 1 is 1.27 bits per heavy atom. The molecule has 5 heteroatoms. The SMILES string of the molecule is CC(C)(C)C(O)c1ccc([C@H]2CC(=O)N2C/C=C\CCCC(=O)O)cc1. The predicted octanol–water partition coefficient (Wildman–Crippen LogP) is 3.85. The van der Waals surface area contributed by atoms with E-state index in [2.05, 4.69) is 0 Å². The summed E-state index contributed by atoms with van der Waals surface area (Å²) >= 11 is 0. The number of carboxylic acids is 1. The van der Waals surface area contributed by atoms with Crippen LogP contribution in [0.3, 0.4) is 0 Å². The standard InChI is InChI=1S/C21H29NO4/c1-21(2,3)20(26)16-11-9-15(10-12-16)17-14-18(23)22(17)13-7-5-4-6-8-19(24)25/h5,7,9-12,17,20,26H,4,6,8,13-14H2,1-3H3,(H,24,25)/b7-5-/t17-,20?/m1/s1. The molecule has 1 saturated heterocycles. The molecule has 0 radical (unpaired) electrons. The van der Waals surface area contributed by atoms with Crippen molar-refractivity contribution in [3.63, 3.8) is 0 Å². The lowest BCUT2D eigenvalue weighted by Crippen LogP contribution is -2.46. The van der Waals surface area contributed by atoms with Crippen molar-refractivity contribution in [2.24, 2.45) is 5.41 Å². The number of allylic oxidation sites excluding steroid dienone is 1. The van der Waals surface area contributed by atoms with Crippen LogP contribution in [-0.4, -0.2) is 33.5 Å². The van der Waals surface area contributed by atoms with Crippen LogP contribution >= 0.6 is 0 Å². The van der Waals surface area contributed by atoms with Crippen molar-refractivity contribution in [2.75, 3.05) is 6.54 Å². The first-order valence-electron chi connectivity index (χ1n) is 9.14. The lowest BCUT2D eigenvalue weighted by Gasteiger charge is -2.40. The minimum Gasteiger partial charge on any atom is -0.481 e. The monoisotopic (exact) mass is 359 g/mol. The van der Waals surface area contributed by atoms with E-state index in [9.17, 15) is 14.7 Å². The molecular formula is C21H29NO4. The van der Waals surface area contributed by atoms with E-state index in [-0.39, 0.29) is 23.8 Å². The Kier molecular flexibility index (Phi) is 6.59. The van der Waals surface area contributed by atoms with Crippen LogP contribution in [-0.2, 0) is 9.59 Å². The molecule has 1 amide bonds. The quantitative estimate of drug-likeness (QED) is 0.420. The molecule has 1 unspecified atom stereocenters. The molecule has 1 aromatic carbocycles. The van der Waals surface area contributed by atoms with Crippen molar-refractivity contribution < 1.29 is 19.8 Å². The highest BCUT2D eigenvalue weighted by Crippen LogP contribution is 2.36. The van der Waals surface area contributed by atoms with Crippen LogP contribution in [0.4, 0.5) is 0 Å². The Balaban J connectivity index is 1.91. The summed E-state index contributed by atoms with van der Waals surface area (Å²) in [5.41, 5.74) is 1.75. The normalized spacial score (nSPS) is 18.8. The van der Waals surface area contributed by atoms with Crippen molar-refractivity contribution in [1.82, 2.24) is 4.90 Å². The second-order valence-electron chi connectivity index (χ2n) is 7.96. The molecule has 1 aromatic rings. The number of nitrogens with zero attached hydrogens (tertiary/aromatic N) is 1. The molecule has 0 spiro atoms. The molecule has 2 atom stereocenters. The number of aliphatic hydroxyl groups is 1. The fraction of sp³-hybridized carbons (Fsp3) is 0.524. The zero-order valence-corrected chi connectivity index (χ0v) is 15.8. The number of rotatable bonds is 8. The maximum Gasteiger partial charge on any atom is 0.303 e. The van der Waals surface area contributed by atoms with Gasteiger partial charge in [0, 0.05) is 13.0 Å². The van der Waals surface area contributed by atoms with E-state index in [0.29, 0.717) is 25.8 Å². The highest BCUT2D eigenvalue weighted by molar-refractivity contribution is 5.83. The first kappa shape index (κ1) is 20.2. The third-order valence-corrected chi connectivity index (χ3v) is 4.75. The van der Waals surface area contributed by atoms with Gasteiger partial charge >= 0.3 is 5.97 Å². The van der Waals surface area contributed by atoms with Gasteiger partial charge in [0.25, 0.3) is 0 Å². The smallest absolute Gasteiger partial charge is 0.303 e. The Morgan fingerprint density at radius 3 is 2.46 bits per heavy atom. The van der Waals surface area contributed by atoms with Gasteiger partial charge in [0.15, 0.2) is 0 Å². The number of carbonyl (C=O) groups is 2. The Morgan fingerprint density at radius 2 is 1.92 bits per heavy atom. The molecule has 1 aliphatic heterocycles. The summed E-state index contributed by atoms with van der Waals surface area (Å²) < 4.78 is 0. The summed E-state index contributed by atoms with van der Waals surface area (Å²) in [6.45, 7) is 6.55. The molecule has 1 fully saturated rings. The molecule has 5 nitrogen and oxygen atoms in total. The fourth-order valence-corrected chi connectivity index (χ4v) is 3.06. The largest absolute Gasteiger partial charge is 0.481 e. The number of amides is 1. The van der Waals surface area contributed by atoms with E-state index in [4.69, 9.17) is 5.11 Å². The number of unbranched alkanes of at least 4 members (excludes halogenated alkanes) is 1. The third-order valence-electron chi connectivity index (χ3n) is 4.75. The van der Waals surface area contributed by atoms with Gasteiger partial charge in [-0.15, -0.1) is 0 Å². The third kappa shape index (κ3) is 5.18. The van der Waals surface area contributed by atoms with E-state index in [1.807, 2.05) is 62.1 Å². The molecule has 0 bridgehead atoms. The molecule has 2 rings (SSSR count). The molecule has 0 saturated carbocycles. The van der Waals surface area contributed by atoms with E-state index in [0.717, 1.165) is 11.1 Å². The fourth-order valence-electron chi connectivity index (χ4n) is 3.06. The first-order valence-corrected chi connectivity index (χ1v) is 9.14. The molecule has 142 valence electrons. The summed E-state index contributed by atoms with van der Waals surface area (Å²) in [5.74, 6) is -0.652. The summed E-state index contributed by atoms with van der Waals surface area (Å²) in [6.07, 6.45) is 5.34. The van der Waals surface area contributed by atoms with E-state index < -0.39 is 12.1 Å². The maximum atomic E-state index is 11.9. The van der Waals surface area contributed by atoms with Gasteiger partial charge in [-0.3, -0.25) is 9.59 Å². The van der Waals surface area contributed by atoms with Gasteiger partial charge in [-0.1, -0.05) is 57.2 Å². The average Bonchev–Trinajstić information content (AvgIpc) is 2.57. The van der Waals surface area contributed by atoms with Crippen molar-refractivity contribution in [2.45, 2.75) is 58.6 Å². The Bertz CT molecular complexity index is 658. The van der Waals surface area contributed by atoms with Crippen molar-refractivity contribution in [3.8, 4) is 0 Å². The van der Waals surface area contributed by atoms with Crippen molar-refractivity contribution >= 4 is 11.9 Å². The summed E-state index contributed by atoms with van der Waals surface area (Å²) in [4.78, 5) is 24.2. The molecule has 2 N–H and O–H groups in total. The second-order valence-corrected chi connectivity index (χ2v) is 7.96. The van der Waals surface area contributed by atoms with Gasteiger partial charge in [0.1, 0.15) is 0 Å². The maximum absolute atomic E-state index is 11.9. The number of β-lactam (4-membered cyclic amide) rings is 1. The molecular weight excluding hydrogens is 330 g/mol. The van der Waals surface area contributed by atoms with Crippen LogP contribution in [0, 0.1) is 5.41 Å². The number of benzene rings is 1. The van der Waals surface area contributed by atoms with Crippen LogP contribution in [0.25, 0.3) is 0 Å². The Hall–Kier alpha value is -2.14. The van der Waals surface area contributed by atoms with Gasteiger partial charge in [-0.05, 0) is 29.4 Å². The number of hydrogen-bond donors (Lipinski definition) is 2. The van der Waals surface area contributed by atoms with Crippen molar-refractivity contribution in [1.29, 1.82) is 0 Å². The zero-order chi connectivity index (χ0) is 19.3. The van der Waals surface area contributed by atoms with E-state index in [1.165, 1.54) is 0 Å². The lowest BCUT2D eigenvalue weighted by molar-refractivity contribution is -0.145. The molecule has 1 aliphatic rings. The van der Waals surface area contributed by atoms with Gasteiger partial charge in [-0.25, -0.2) is 0 Å².